The fraction of sp³-hybridized carbons (Fsp3) is 0.364. The number of nitro benzene ring substituents is 1. The lowest BCUT2D eigenvalue weighted by Gasteiger charge is -2.30. The van der Waals surface area contributed by atoms with Crippen molar-refractivity contribution in [2.45, 2.75) is 26.2 Å². The Morgan fingerprint density at radius 1 is 1.23 bits per heavy atom. The maximum Gasteiger partial charge on any atom is 0.270 e. The lowest BCUT2D eigenvalue weighted by atomic mass is 9.99. The van der Waals surface area contributed by atoms with Crippen LogP contribution in [0.15, 0.2) is 42.5 Å². The number of nitro groups is 1. The molecule has 0 saturated carbocycles. The van der Waals surface area contributed by atoms with Gasteiger partial charge in [0.1, 0.15) is 0 Å². The van der Waals surface area contributed by atoms with Gasteiger partial charge in [0, 0.05) is 30.9 Å². The first-order valence-electron chi connectivity index (χ1n) is 10.2. The number of rotatable bonds is 6. The number of carbonyl (C=O) groups excluding carboxylic acids is 1. The molecule has 1 heterocycles. The van der Waals surface area contributed by atoms with Gasteiger partial charge in [-0.2, -0.15) is 0 Å². The zero-order chi connectivity index (χ0) is 22.4. The molecule has 2 aromatic rings. The molecule has 1 aliphatic heterocycles. The van der Waals surface area contributed by atoms with E-state index in [2.05, 4.69) is 24.5 Å². The minimum atomic E-state index is -0.519. The number of morpholine rings is 1. The summed E-state index contributed by atoms with van der Waals surface area (Å²) in [6, 6.07) is 12.2. The van der Waals surface area contributed by atoms with E-state index in [-0.39, 0.29) is 16.4 Å². The quantitative estimate of drug-likeness (QED) is 0.395. The van der Waals surface area contributed by atoms with E-state index in [1.54, 1.807) is 6.07 Å². The third kappa shape index (κ3) is 5.77. The summed E-state index contributed by atoms with van der Waals surface area (Å²) in [5.74, 6) is -0.0351. The molecule has 1 amide bonds. The van der Waals surface area contributed by atoms with Crippen molar-refractivity contribution >= 4 is 40.3 Å². The molecule has 1 fully saturated rings. The monoisotopic (exact) mass is 442 g/mol. The summed E-state index contributed by atoms with van der Waals surface area (Å²) in [7, 11) is 0. The fourth-order valence-electron chi connectivity index (χ4n) is 3.36. The van der Waals surface area contributed by atoms with E-state index in [4.69, 9.17) is 17.0 Å². The molecule has 1 saturated heterocycles. The molecule has 9 heteroatoms. The summed E-state index contributed by atoms with van der Waals surface area (Å²) in [6.07, 6.45) is 1.05. The van der Waals surface area contributed by atoms with Gasteiger partial charge in [-0.05, 0) is 48.3 Å². The van der Waals surface area contributed by atoms with Crippen LogP contribution in [0, 0.1) is 10.1 Å². The topological polar surface area (TPSA) is 96.7 Å². The van der Waals surface area contributed by atoms with E-state index in [0.29, 0.717) is 37.9 Å². The van der Waals surface area contributed by atoms with Gasteiger partial charge in [-0.1, -0.05) is 26.0 Å². The standard InChI is InChI=1S/C22H26N4O4S/c1-3-15(2)16-4-6-17(7-5-16)23-22(31)24-21(27)19-14-18(26(28)29)8-9-20(19)25-10-12-30-13-11-25/h4-9,14-15H,3,10-13H2,1-2H3,(H2,23,24,27,31)/t15-/m0/s1. The number of amides is 1. The van der Waals surface area contributed by atoms with Gasteiger partial charge in [0.05, 0.1) is 29.4 Å². The molecule has 0 aromatic heterocycles. The normalized spacial score (nSPS) is 14.6. The Bertz CT molecular complexity index is 958. The smallest absolute Gasteiger partial charge is 0.270 e. The average Bonchev–Trinajstić information content (AvgIpc) is 2.79. The summed E-state index contributed by atoms with van der Waals surface area (Å²) >= 11 is 5.29. The number of carbonyl (C=O) groups is 1. The zero-order valence-electron chi connectivity index (χ0n) is 17.6. The summed E-state index contributed by atoms with van der Waals surface area (Å²) in [4.78, 5) is 25.6. The summed E-state index contributed by atoms with van der Waals surface area (Å²) < 4.78 is 5.36. The fourth-order valence-corrected chi connectivity index (χ4v) is 3.57. The number of hydrogen-bond donors (Lipinski definition) is 2. The van der Waals surface area contributed by atoms with Gasteiger partial charge in [-0.15, -0.1) is 0 Å². The van der Waals surface area contributed by atoms with Crippen molar-refractivity contribution in [1.29, 1.82) is 0 Å². The molecule has 3 rings (SSSR count). The van der Waals surface area contributed by atoms with Crippen molar-refractivity contribution < 1.29 is 14.5 Å². The van der Waals surface area contributed by atoms with E-state index in [9.17, 15) is 14.9 Å². The number of non-ortho nitro benzene ring substituents is 1. The average molecular weight is 443 g/mol. The summed E-state index contributed by atoms with van der Waals surface area (Å²) in [5, 5.41) is 17.0. The van der Waals surface area contributed by atoms with Gasteiger partial charge in [0.25, 0.3) is 11.6 Å². The van der Waals surface area contributed by atoms with E-state index < -0.39 is 10.8 Å². The van der Waals surface area contributed by atoms with Crippen LogP contribution < -0.4 is 15.5 Å². The van der Waals surface area contributed by atoms with Crippen LogP contribution in [-0.2, 0) is 4.74 Å². The van der Waals surface area contributed by atoms with Gasteiger partial charge in [-0.3, -0.25) is 20.2 Å². The molecule has 31 heavy (non-hydrogen) atoms. The number of anilines is 2. The van der Waals surface area contributed by atoms with Crippen LogP contribution in [0.25, 0.3) is 0 Å². The molecule has 2 N–H and O–H groups in total. The second-order valence-corrected chi connectivity index (χ2v) is 7.81. The van der Waals surface area contributed by atoms with Gasteiger partial charge < -0.3 is 15.0 Å². The molecule has 0 aliphatic carbocycles. The molecule has 0 radical (unpaired) electrons. The van der Waals surface area contributed by atoms with Gasteiger partial charge in [0.15, 0.2) is 5.11 Å². The van der Waals surface area contributed by atoms with Crippen LogP contribution in [-0.4, -0.2) is 42.2 Å². The lowest BCUT2D eigenvalue weighted by Crippen LogP contribution is -2.39. The largest absolute Gasteiger partial charge is 0.378 e. The predicted octanol–water partition coefficient (Wildman–Crippen LogP) is 4.07. The lowest BCUT2D eigenvalue weighted by molar-refractivity contribution is -0.384. The first-order valence-corrected chi connectivity index (χ1v) is 10.6. The Morgan fingerprint density at radius 2 is 1.90 bits per heavy atom. The zero-order valence-corrected chi connectivity index (χ0v) is 18.4. The minimum absolute atomic E-state index is 0.126. The van der Waals surface area contributed by atoms with E-state index in [1.165, 1.54) is 17.7 Å². The van der Waals surface area contributed by atoms with Crippen LogP contribution in [0.4, 0.5) is 17.1 Å². The number of benzene rings is 2. The van der Waals surface area contributed by atoms with Crippen LogP contribution >= 0.6 is 12.2 Å². The van der Waals surface area contributed by atoms with Crippen LogP contribution in [0.3, 0.4) is 0 Å². The summed E-state index contributed by atoms with van der Waals surface area (Å²) in [5.41, 5.74) is 2.65. The number of ether oxygens (including phenoxy) is 1. The van der Waals surface area contributed by atoms with Crippen molar-refractivity contribution in [2.24, 2.45) is 0 Å². The molecule has 1 aliphatic rings. The molecular weight excluding hydrogens is 416 g/mol. The molecule has 1 atom stereocenters. The van der Waals surface area contributed by atoms with Gasteiger partial charge >= 0.3 is 0 Å². The Morgan fingerprint density at radius 3 is 2.52 bits per heavy atom. The summed E-state index contributed by atoms with van der Waals surface area (Å²) in [6.45, 7) is 6.57. The highest BCUT2D eigenvalue weighted by Gasteiger charge is 2.22. The van der Waals surface area contributed by atoms with Crippen molar-refractivity contribution in [3.05, 3.63) is 63.7 Å². The van der Waals surface area contributed by atoms with Crippen LogP contribution in [0.5, 0.6) is 0 Å². The number of hydrogen-bond acceptors (Lipinski definition) is 6. The predicted molar refractivity (Wildman–Crippen MR) is 125 cm³/mol. The molecule has 0 bridgehead atoms. The Hall–Kier alpha value is -3.04. The van der Waals surface area contributed by atoms with Gasteiger partial charge in [-0.25, -0.2) is 0 Å². The second kappa shape index (κ2) is 10.3. The van der Waals surface area contributed by atoms with E-state index in [1.807, 2.05) is 29.2 Å². The highest BCUT2D eigenvalue weighted by molar-refractivity contribution is 7.80. The van der Waals surface area contributed by atoms with E-state index >= 15 is 0 Å². The molecular formula is C22H26N4O4S. The maximum atomic E-state index is 12.9. The van der Waals surface area contributed by atoms with Crippen LogP contribution in [0.1, 0.15) is 42.1 Å². The number of nitrogens with zero attached hydrogens (tertiary/aromatic N) is 2. The highest BCUT2D eigenvalue weighted by Crippen LogP contribution is 2.26. The Balaban J connectivity index is 1.74. The molecule has 2 aromatic carbocycles. The molecule has 0 spiro atoms. The first-order chi connectivity index (χ1) is 14.9. The second-order valence-electron chi connectivity index (χ2n) is 7.40. The number of thiocarbonyl (C=S) groups is 1. The third-order valence-corrected chi connectivity index (χ3v) is 5.57. The van der Waals surface area contributed by atoms with Crippen LogP contribution in [0.2, 0.25) is 0 Å². The number of nitrogens with one attached hydrogen (secondary N) is 2. The Labute approximate surface area is 186 Å². The molecule has 164 valence electrons. The first kappa shape index (κ1) is 22.6. The SMILES string of the molecule is CC[C@H](C)c1ccc(NC(=S)NC(=O)c2cc([N+](=O)[O-])ccc2N2CCOCC2)cc1. The van der Waals surface area contributed by atoms with E-state index in [0.717, 1.165) is 12.1 Å². The van der Waals surface area contributed by atoms with Crippen molar-refractivity contribution in [2.75, 3.05) is 36.5 Å². The van der Waals surface area contributed by atoms with Crippen molar-refractivity contribution in [3.8, 4) is 0 Å². The van der Waals surface area contributed by atoms with Crippen molar-refractivity contribution in [3.63, 3.8) is 0 Å². The molecule has 0 unspecified atom stereocenters. The Kier molecular flexibility index (Phi) is 7.54. The van der Waals surface area contributed by atoms with Gasteiger partial charge in [0.2, 0.25) is 0 Å². The molecule has 8 nitrogen and oxygen atoms in total. The highest BCUT2D eigenvalue weighted by atomic mass is 32.1. The third-order valence-electron chi connectivity index (χ3n) is 5.36. The maximum absolute atomic E-state index is 12.9. The minimum Gasteiger partial charge on any atom is -0.378 e. The van der Waals surface area contributed by atoms with Crippen molar-refractivity contribution in [1.82, 2.24) is 5.32 Å².